The lowest BCUT2D eigenvalue weighted by Crippen LogP contribution is -1.99. The molecule has 0 amide bonds. The quantitative estimate of drug-likeness (QED) is 0.424. The molecule has 0 N–H and O–H groups in total. The number of hydrogen-bond acceptors (Lipinski definition) is 5. The average molecular weight is 391 g/mol. The van der Waals surface area contributed by atoms with Gasteiger partial charge >= 0.3 is 0 Å². The van der Waals surface area contributed by atoms with E-state index in [2.05, 4.69) is 76.9 Å². The van der Waals surface area contributed by atoms with Gasteiger partial charge in [0.2, 0.25) is 5.89 Å². The molecular formula is C22H22N4OS. The van der Waals surface area contributed by atoms with Gasteiger partial charge in [0.1, 0.15) is 12.1 Å². The Morgan fingerprint density at radius 3 is 2.57 bits per heavy atom. The average Bonchev–Trinajstić information content (AvgIpc) is 3.26. The monoisotopic (exact) mass is 390 g/mol. The van der Waals surface area contributed by atoms with Crippen molar-refractivity contribution in [3.05, 3.63) is 76.9 Å². The lowest BCUT2D eigenvalue weighted by Gasteiger charge is -2.08. The Bertz CT molecular complexity index is 1130. The van der Waals surface area contributed by atoms with Gasteiger partial charge in [0.25, 0.3) is 0 Å². The zero-order chi connectivity index (χ0) is 19.7. The van der Waals surface area contributed by atoms with Crippen LogP contribution in [-0.4, -0.2) is 19.7 Å². The standard InChI is InChI=1S/C22H22N4OS/c1-14-6-5-7-19(11-14)26-17(4)24-25-22(26)28-13-18-12-27-21(23-18)20-9-8-15(2)10-16(20)3/h5-12H,13H2,1-4H3. The van der Waals surface area contributed by atoms with Gasteiger partial charge in [-0.1, -0.05) is 41.6 Å². The molecule has 0 bridgehead atoms. The summed E-state index contributed by atoms with van der Waals surface area (Å²) in [5.74, 6) is 2.19. The molecule has 2 heterocycles. The molecule has 6 heteroatoms. The van der Waals surface area contributed by atoms with Gasteiger partial charge in [-0.15, -0.1) is 10.2 Å². The number of oxazole rings is 1. The van der Waals surface area contributed by atoms with E-state index in [9.17, 15) is 0 Å². The maximum Gasteiger partial charge on any atom is 0.226 e. The Balaban J connectivity index is 1.54. The second-order valence-electron chi connectivity index (χ2n) is 6.96. The molecule has 0 radical (unpaired) electrons. The van der Waals surface area contributed by atoms with Gasteiger partial charge in [-0.3, -0.25) is 4.57 Å². The number of aryl methyl sites for hydroxylation is 4. The second-order valence-corrected chi connectivity index (χ2v) is 7.90. The molecule has 0 spiro atoms. The Labute approximate surface area is 168 Å². The third kappa shape index (κ3) is 3.73. The van der Waals surface area contributed by atoms with Crippen molar-refractivity contribution in [1.82, 2.24) is 19.7 Å². The van der Waals surface area contributed by atoms with E-state index in [0.29, 0.717) is 11.6 Å². The predicted octanol–water partition coefficient (Wildman–Crippen LogP) is 5.45. The van der Waals surface area contributed by atoms with E-state index in [1.807, 2.05) is 13.0 Å². The van der Waals surface area contributed by atoms with Crippen molar-refractivity contribution in [2.75, 3.05) is 0 Å². The summed E-state index contributed by atoms with van der Waals surface area (Å²) in [6.07, 6.45) is 1.72. The Hall–Kier alpha value is -2.86. The summed E-state index contributed by atoms with van der Waals surface area (Å²) in [6.45, 7) is 8.21. The summed E-state index contributed by atoms with van der Waals surface area (Å²) in [4.78, 5) is 4.66. The van der Waals surface area contributed by atoms with Crippen LogP contribution >= 0.6 is 11.8 Å². The van der Waals surface area contributed by atoms with Gasteiger partial charge < -0.3 is 4.42 Å². The molecule has 0 aliphatic rings. The summed E-state index contributed by atoms with van der Waals surface area (Å²) in [5, 5.41) is 9.45. The van der Waals surface area contributed by atoms with Gasteiger partial charge in [-0.2, -0.15) is 0 Å². The molecule has 0 aliphatic heterocycles. The number of hydrogen-bond donors (Lipinski definition) is 0. The third-order valence-corrected chi connectivity index (χ3v) is 5.53. The topological polar surface area (TPSA) is 56.7 Å². The van der Waals surface area contributed by atoms with Crippen LogP contribution in [0.25, 0.3) is 17.1 Å². The van der Waals surface area contributed by atoms with Crippen molar-refractivity contribution < 1.29 is 4.42 Å². The molecule has 0 saturated heterocycles. The highest BCUT2D eigenvalue weighted by Gasteiger charge is 2.14. The minimum Gasteiger partial charge on any atom is -0.444 e. The first-order valence-corrected chi connectivity index (χ1v) is 10.1. The van der Waals surface area contributed by atoms with Crippen molar-refractivity contribution >= 4 is 11.8 Å². The maximum atomic E-state index is 5.73. The Kier molecular flexibility index (Phi) is 5.05. The lowest BCUT2D eigenvalue weighted by atomic mass is 10.1. The number of thioether (sulfide) groups is 1. The molecule has 4 rings (SSSR count). The van der Waals surface area contributed by atoms with E-state index in [4.69, 9.17) is 4.42 Å². The first-order chi connectivity index (χ1) is 13.5. The van der Waals surface area contributed by atoms with E-state index in [0.717, 1.165) is 33.5 Å². The van der Waals surface area contributed by atoms with Crippen LogP contribution in [0.15, 0.2) is 58.3 Å². The second kappa shape index (κ2) is 7.64. The summed E-state index contributed by atoms with van der Waals surface area (Å²) in [6, 6.07) is 14.6. The van der Waals surface area contributed by atoms with Gasteiger partial charge in [0.15, 0.2) is 5.16 Å². The van der Waals surface area contributed by atoms with Crippen LogP contribution in [0.4, 0.5) is 0 Å². The van der Waals surface area contributed by atoms with Crippen LogP contribution in [-0.2, 0) is 5.75 Å². The zero-order valence-corrected chi connectivity index (χ0v) is 17.2. The van der Waals surface area contributed by atoms with Gasteiger partial charge in [0.05, 0.1) is 5.69 Å². The van der Waals surface area contributed by atoms with Crippen LogP contribution < -0.4 is 0 Å². The fourth-order valence-corrected chi connectivity index (χ4v) is 4.06. The fourth-order valence-electron chi connectivity index (χ4n) is 3.19. The Morgan fingerprint density at radius 2 is 1.79 bits per heavy atom. The molecule has 0 fully saturated rings. The number of benzene rings is 2. The van der Waals surface area contributed by atoms with Crippen LogP contribution in [0.1, 0.15) is 28.2 Å². The van der Waals surface area contributed by atoms with Crippen molar-refractivity contribution in [2.24, 2.45) is 0 Å². The fraction of sp³-hybridized carbons (Fsp3) is 0.227. The maximum absolute atomic E-state index is 5.73. The molecule has 0 aliphatic carbocycles. The minimum atomic E-state index is 0.657. The number of rotatable bonds is 5. The normalized spacial score (nSPS) is 11.1. The van der Waals surface area contributed by atoms with Crippen LogP contribution in [0.5, 0.6) is 0 Å². The van der Waals surface area contributed by atoms with Crippen molar-refractivity contribution in [1.29, 1.82) is 0 Å². The molecule has 0 unspecified atom stereocenters. The molecule has 0 atom stereocenters. The van der Waals surface area contributed by atoms with E-state index >= 15 is 0 Å². The smallest absolute Gasteiger partial charge is 0.226 e. The Morgan fingerprint density at radius 1 is 0.964 bits per heavy atom. The lowest BCUT2D eigenvalue weighted by molar-refractivity contribution is 0.573. The molecule has 142 valence electrons. The summed E-state index contributed by atoms with van der Waals surface area (Å²) >= 11 is 1.60. The van der Waals surface area contributed by atoms with Gasteiger partial charge in [-0.05, 0) is 57.0 Å². The van der Waals surface area contributed by atoms with Crippen LogP contribution in [0.2, 0.25) is 0 Å². The van der Waals surface area contributed by atoms with E-state index < -0.39 is 0 Å². The summed E-state index contributed by atoms with van der Waals surface area (Å²) < 4.78 is 7.80. The molecule has 2 aromatic carbocycles. The molecular weight excluding hydrogens is 368 g/mol. The van der Waals surface area contributed by atoms with Gasteiger partial charge in [-0.25, -0.2) is 4.98 Å². The first kappa shape index (κ1) is 18.5. The minimum absolute atomic E-state index is 0.657. The SMILES string of the molecule is Cc1cccc(-n2c(C)nnc2SCc2coc(-c3ccc(C)cc3C)n2)c1. The largest absolute Gasteiger partial charge is 0.444 e. The van der Waals surface area contributed by atoms with Crippen LogP contribution in [0.3, 0.4) is 0 Å². The first-order valence-electron chi connectivity index (χ1n) is 9.15. The molecule has 5 nitrogen and oxygen atoms in total. The molecule has 4 aromatic rings. The molecule has 28 heavy (non-hydrogen) atoms. The van der Waals surface area contributed by atoms with Crippen molar-refractivity contribution in [2.45, 2.75) is 38.6 Å². The highest BCUT2D eigenvalue weighted by Crippen LogP contribution is 2.28. The van der Waals surface area contributed by atoms with E-state index in [1.54, 1.807) is 18.0 Å². The number of nitrogens with zero attached hydrogens (tertiary/aromatic N) is 4. The van der Waals surface area contributed by atoms with Crippen LogP contribution in [0, 0.1) is 27.7 Å². The third-order valence-electron chi connectivity index (χ3n) is 4.57. The molecule has 2 aromatic heterocycles. The van der Waals surface area contributed by atoms with Gasteiger partial charge in [0, 0.05) is 17.0 Å². The molecule has 0 saturated carbocycles. The summed E-state index contributed by atoms with van der Waals surface area (Å²) in [5.41, 5.74) is 6.58. The van der Waals surface area contributed by atoms with E-state index in [1.165, 1.54) is 11.1 Å². The number of aromatic nitrogens is 4. The van der Waals surface area contributed by atoms with Crippen molar-refractivity contribution in [3.63, 3.8) is 0 Å². The van der Waals surface area contributed by atoms with Crippen molar-refractivity contribution in [3.8, 4) is 17.1 Å². The zero-order valence-electron chi connectivity index (χ0n) is 16.4. The summed E-state index contributed by atoms with van der Waals surface area (Å²) in [7, 11) is 0. The highest BCUT2D eigenvalue weighted by atomic mass is 32.2. The predicted molar refractivity (Wildman–Crippen MR) is 112 cm³/mol. The highest BCUT2D eigenvalue weighted by molar-refractivity contribution is 7.98. The van der Waals surface area contributed by atoms with E-state index in [-0.39, 0.29) is 0 Å².